The van der Waals surface area contributed by atoms with Gasteiger partial charge in [-0.1, -0.05) is 30.3 Å². The first-order valence-electron chi connectivity index (χ1n) is 6.72. The second-order valence-corrected chi connectivity index (χ2v) is 7.34. The first-order valence-corrected chi connectivity index (χ1v) is 8.78. The largest absolute Gasteiger partial charge is 0.366 e. The second kappa shape index (κ2) is 6.67. The second-order valence-electron chi connectivity index (χ2n) is 5.16. The van der Waals surface area contributed by atoms with Gasteiger partial charge < -0.3 is 5.32 Å². The number of hydrogen-bond donors (Lipinski definition) is 1. The monoisotopic (exact) mass is 305 g/mol. The highest BCUT2D eigenvalue weighted by molar-refractivity contribution is 7.90. The van der Waals surface area contributed by atoms with Crippen molar-refractivity contribution in [2.75, 3.05) is 17.3 Å². The first kappa shape index (κ1) is 15.4. The van der Waals surface area contributed by atoms with E-state index in [0.29, 0.717) is 18.1 Å². The molecule has 5 nitrogen and oxygen atoms in total. The quantitative estimate of drug-likeness (QED) is 0.882. The zero-order valence-electron chi connectivity index (χ0n) is 12.2. The molecule has 1 heterocycles. The van der Waals surface area contributed by atoms with Crippen molar-refractivity contribution in [2.45, 2.75) is 19.4 Å². The van der Waals surface area contributed by atoms with E-state index in [9.17, 15) is 8.42 Å². The van der Waals surface area contributed by atoms with Crippen LogP contribution < -0.4 is 5.32 Å². The molecule has 0 spiro atoms. The van der Waals surface area contributed by atoms with Gasteiger partial charge in [0, 0.05) is 24.9 Å². The number of nitrogens with zero attached hydrogens (tertiary/aromatic N) is 2. The van der Waals surface area contributed by atoms with E-state index in [1.807, 2.05) is 37.3 Å². The van der Waals surface area contributed by atoms with Gasteiger partial charge in [-0.05, 0) is 18.6 Å². The van der Waals surface area contributed by atoms with Gasteiger partial charge in [0.25, 0.3) is 0 Å². The normalized spacial score (nSPS) is 12.9. The van der Waals surface area contributed by atoms with Crippen LogP contribution in [-0.2, 0) is 16.3 Å². The summed E-state index contributed by atoms with van der Waals surface area (Å²) in [6.45, 7) is 1.82. The number of sulfone groups is 1. The Morgan fingerprint density at radius 2 is 1.90 bits per heavy atom. The van der Waals surface area contributed by atoms with E-state index >= 15 is 0 Å². The lowest BCUT2D eigenvalue weighted by atomic mass is 10.1. The van der Waals surface area contributed by atoms with Crippen LogP contribution in [0.15, 0.2) is 42.6 Å². The molecule has 0 saturated carbocycles. The van der Waals surface area contributed by atoms with Crippen molar-refractivity contribution >= 4 is 15.7 Å². The highest BCUT2D eigenvalue weighted by Crippen LogP contribution is 2.09. The maximum atomic E-state index is 11.3. The van der Waals surface area contributed by atoms with E-state index in [1.165, 1.54) is 6.26 Å². The number of aromatic nitrogens is 2. The van der Waals surface area contributed by atoms with E-state index in [4.69, 9.17) is 0 Å². The highest BCUT2D eigenvalue weighted by atomic mass is 32.2. The standard InChI is InChI=1S/C15H19N3O2S/c1-12(11-21(2,19)20)17-14-8-9-16-15(18-14)10-13-6-4-3-5-7-13/h3-9,12H,10-11H2,1-2H3,(H,16,17,18)/t12-/m0/s1. The third-order valence-corrected chi connectivity index (χ3v) is 3.96. The molecule has 0 aliphatic heterocycles. The minimum atomic E-state index is -3.01. The fourth-order valence-electron chi connectivity index (χ4n) is 2.09. The minimum Gasteiger partial charge on any atom is -0.366 e. The van der Waals surface area contributed by atoms with Crippen LogP contribution in [0.2, 0.25) is 0 Å². The summed E-state index contributed by atoms with van der Waals surface area (Å²) in [6.07, 6.45) is 3.56. The highest BCUT2D eigenvalue weighted by Gasteiger charge is 2.11. The summed E-state index contributed by atoms with van der Waals surface area (Å²) in [4.78, 5) is 8.67. The fourth-order valence-corrected chi connectivity index (χ4v) is 3.08. The maximum Gasteiger partial charge on any atom is 0.149 e. The van der Waals surface area contributed by atoms with Gasteiger partial charge in [-0.15, -0.1) is 0 Å². The Bertz CT molecular complexity index is 687. The predicted molar refractivity (Wildman–Crippen MR) is 84.1 cm³/mol. The number of nitrogens with one attached hydrogen (secondary N) is 1. The maximum absolute atomic E-state index is 11.3. The molecule has 1 atom stereocenters. The molecule has 0 amide bonds. The lowest BCUT2D eigenvalue weighted by Crippen LogP contribution is -2.25. The summed E-state index contributed by atoms with van der Waals surface area (Å²) in [7, 11) is -3.01. The topological polar surface area (TPSA) is 72.0 Å². The van der Waals surface area contributed by atoms with Crippen LogP contribution in [0.1, 0.15) is 18.3 Å². The average Bonchev–Trinajstić information content (AvgIpc) is 2.38. The molecule has 2 aromatic rings. The molecule has 1 N–H and O–H groups in total. The van der Waals surface area contributed by atoms with E-state index in [0.717, 1.165) is 5.56 Å². The van der Waals surface area contributed by atoms with Crippen LogP contribution in [0.25, 0.3) is 0 Å². The molecule has 1 aromatic carbocycles. The molecule has 0 saturated heterocycles. The molecule has 0 fully saturated rings. The Morgan fingerprint density at radius 3 is 2.57 bits per heavy atom. The number of hydrogen-bond acceptors (Lipinski definition) is 5. The van der Waals surface area contributed by atoms with Crippen LogP contribution in [0.4, 0.5) is 5.82 Å². The summed E-state index contributed by atoms with van der Waals surface area (Å²) in [5.74, 6) is 1.43. The van der Waals surface area contributed by atoms with E-state index < -0.39 is 9.84 Å². The molecule has 21 heavy (non-hydrogen) atoms. The molecule has 0 aliphatic rings. The van der Waals surface area contributed by atoms with Crippen LogP contribution in [-0.4, -0.2) is 36.4 Å². The Balaban J connectivity index is 2.04. The summed E-state index contributed by atoms with van der Waals surface area (Å²) in [5, 5.41) is 3.09. The van der Waals surface area contributed by atoms with Gasteiger partial charge in [0.15, 0.2) is 0 Å². The average molecular weight is 305 g/mol. The van der Waals surface area contributed by atoms with Gasteiger partial charge in [0.1, 0.15) is 21.5 Å². The zero-order valence-corrected chi connectivity index (χ0v) is 13.0. The van der Waals surface area contributed by atoms with Crippen molar-refractivity contribution in [2.24, 2.45) is 0 Å². The minimum absolute atomic E-state index is 0.0744. The van der Waals surface area contributed by atoms with Crippen molar-refractivity contribution in [3.05, 3.63) is 54.0 Å². The van der Waals surface area contributed by atoms with Crippen molar-refractivity contribution in [1.29, 1.82) is 0 Å². The van der Waals surface area contributed by atoms with Crippen molar-refractivity contribution < 1.29 is 8.42 Å². The molecule has 0 unspecified atom stereocenters. The smallest absolute Gasteiger partial charge is 0.149 e. The van der Waals surface area contributed by atoms with Crippen molar-refractivity contribution in [1.82, 2.24) is 9.97 Å². The third-order valence-electron chi connectivity index (χ3n) is 2.86. The van der Waals surface area contributed by atoms with Gasteiger partial charge >= 0.3 is 0 Å². The molecule has 0 radical (unpaired) electrons. The Labute approximate surface area is 125 Å². The van der Waals surface area contributed by atoms with Crippen molar-refractivity contribution in [3.63, 3.8) is 0 Å². The summed E-state index contributed by atoms with van der Waals surface area (Å²) < 4.78 is 22.5. The number of anilines is 1. The molecule has 0 bridgehead atoms. The van der Waals surface area contributed by atoms with E-state index in [1.54, 1.807) is 12.3 Å². The Hall–Kier alpha value is -1.95. The SMILES string of the molecule is C[C@@H](CS(C)(=O)=O)Nc1ccnc(Cc2ccccc2)n1. The van der Waals surface area contributed by atoms with Crippen LogP contribution in [0.3, 0.4) is 0 Å². The molecule has 6 heteroatoms. The van der Waals surface area contributed by atoms with Gasteiger partial charge in [0.05, 0.1) is 5.75 Å². The molecular formula is C15H19N3O2S. The summed E-state index contributed by atoms with van der Waals surface area (Å²) >= 11 is 0. The summed E-state index contributed by atoms with van der Waals surface area (Å²) in [6, 6.07) is 11.5. The van der Waals surface area contributed by atoms with Crippen LogP contribution in [0, 0.1) is 0 Å². The van der Waals surface area contributed by atoms with Gasteiger partial charge in [-0.25, -0.2) is 18.4 Å². The lowest BCUT2D eigenvalue weighted by Gasteiger charge is -2.13. The zero-order chi connectivity index (χ0) is 15.3. The molecule has 0 aliphatic carbocycles. The Kier molecular flexibility index (Phi) is 4.90. The fraction of sp³-hybridized carbons (Fsp3) is 0.333. The van der Waals surface area contributed by atoms with Gasteiger partial charge in [-0.3, -0.25) is 0 Å². The molecule has 112 valence electrons. The lowest BCUT2D eigenvalue weighted by molar-refractivity contribution is 0.598. The molecule has 1 aromatic heterocycles. The number of rotatable bonds is 6. The predicted octanol–water partition coefficient (Wildman–Crippen LogP) is 1.91. The first-order chi connectivity index (χ1) is 9.92. The molecule has 2 rings (SSSR count). The van der Waals surface area contributed by atoms with Gasteiger partial charge in [-0.2, -0.15) is 0 Å². The number of benzene rings is 1. The van der Waals surface area contributed by atoms with E-state index in [2.05, 4.69) is 15.3 Å². The van der Waals surface area contributed by atoms with Crippen LogP contribution in [0.5, 0.6) is 0 Å². The van der Waals surface area contributed by atoms with Gasteiger partial charge in [0.2, 0.25) is 0 Å². The summed E-state index contributed by atoms with van der Waals surface area (Å²) in [5.41, 5.74) is 1.14. The third kappa shape index (κ3) is 5.51. The van der Waals surface area contributed by atoms with E-state index in [-0.39, 0.29) is 11.8 Å². The van der Waals surface area contributed by atoms with Crippen molar-refractivity contribution in [3.8, 4) is 0 Å². The Morgan fingerprint density at radius 1 is 1.19 bits per heavy atom. The van der Waals surface area contributed by atoms with Crippen LogP contribution >= 0.6 is 0 Å². The molecular weight excluding hydrogens is 286 g/mol.